The van der Waals surface area contributed by atoms with Gasteiger partial charge in [-0.05, 0) is 24.3 Å². The van der Waals surface area contributed by atoms with Crippen LogP contribution in [0, 0.1) is 10.1 Å². The summed E-state index contributed by atoms with van der Waals surface area (Å²) >= 11 is 0. The fraction of sp³-hybridized carbons (Fsp3) is 0. The van der Waals surface area contributed by atoms with Crippen LogP contribution in [0.4, 0.5) is 5.69 Å². The maximum absolute atomic E-state index is 11.1. The minimum absolute atomic E-state index is 0.0151. The summed E-state index contributed by atoms with van der Waals surface area (Å²) in [7, 11) is 0. The van der Waals surface area contributed by atoms with Gasteiger partial charge in [-0.2, -0.15) is 5.10 Å². The topological polar surface area (TPSA) is 73.8 Å². The van der Waals surface area contributed by atoms with E-state index in [0.29, 0.717) is 5.69 Å². The van der Waals surface area contributed by atoms with E-state index >= 15 is 0 Å². The number of nitro benzene ring substituents is 1. The highest BCUT2D eigenvalue weighted by atomic mass is 16.6. The first-order valence-corrected chi connectivity index (χ1v) is 5.95. The van der Waals surface area contributed by atoms with Crippen molar-refractivity contribution in [3.05, 3.63) is 71.2 Å². The predicted molar refractivity (Wildman–Crippen MR) is 73.4 cm³/mol. The molecular weight excluding hydrogens is 256 g/mol. The van der Waals surface area contributed by atoms with Crippen LogP contribution in [0.25, 0.3) is 16.9 Å². The lowest BCUT2D eigenvalue weighted by molar-refractivity contribution is -0.384. The zero-order valence-electron chi connectivity index (χ0n) is 10.4. The lowest BCUT2D eigenvalue weighted by atomic mass is 10.2. The van der Waals surface area contributed by atoms with Crippen molar-refractivity contribution in [1.29, 1.82) is 0 Å². The largest absolute Gasteiger partial charge is 0.294 e. The molecule has 20 heavy (non-hydrogen) atoms. The van der Waals surface area contributed by atoms with Gasteiger partial charge in [0, 0.05) is 24.0 Å². The molecule has 0 saturated carbocycles. The van der Waals surface area contributed by atoms with Crippen LogP contribution in [0.3, 0.4) is 0 Å². The minimum atomic E-state index is -0.413. The Morgan fingerprint density at radius 3 is 2.65 bits per heavy atom. The lowest BCUT2D eigenvalue weighted by Gasteiger charge is -2.07. The molecule has 0 fully saturated rings. The summed E-state index contributed by atoms with van der Waals surface area (Å²) < 4.78 is 1.55. The molecule has 0 bridgehead atoms. The van der Waals surface area contributed by atoms with Gasteiger partial charge in [0.15, 0.2) is 0 Å². The third kappa shape index (κ3) is 2.03. The van der Waals surface area contributed by atoms with E-state index in [4.69, 9.17) is 0 Å². The third-order valence-electron chi connectivity index (χ3n) is 2.91. The second kappa shape index (κ2) is 4.93. The third-order valence-corrected chi connectivity index (χ3v) is 2.91. The van der Waals surface area contributed by atoms with E-state index in [1.807, 2.05) is 12.1 Å². The molecule has 3 aromatic rings. The first kappa shape index (κ1) is 12.0. The van der Waals surface area contributed by atoms with Crippen LogP contribution < -0.4 is 0 Å². The molecule has 0 atom stereocenters. The summed E-state index contributed by atoms with van der Waals surface area (Å²) in [6.45, 7) is 0. The second-order valence-electron chi connectivity index (χ2n) is 4.12. The summed E-state index contributed by atoms with van der Waals surface area (Å²) in [5, 5.41) is 15.3. The van der Waals surface area contributed by atoms with Crippen molar-refractivity contribution in [3.8, 4) is 16.9 Å². The van der Waals surface area contributed by atoms with Crippen molar-refractivity contribution < 1.29 is 4.92 Å². The number of nitrogens with zero attached hydrogens (tertiary/aromatic N) is 4. The van der Waals surface area contributed by atoms with E-state index in [-0.39, 0.29) is 5.69 Å². The number of hydrogen-bond acceptors (Lipinski definition) is 4. The van der Waals surface area contributed by atoms with Gasteiger partial charge in [0.25, 0.3) is 5.69 Å². The first-order chi connectivity index (χ1) is 9.77. The number of aromatic nitrogens is 3. The van der Waals surface area contributed by atoms with Crippen molar-refractivity contribution in [2.24, 2.45) is 0 Å². The fourth-order valence-electron chi connectivity index (χ4n) is 2.03. The Morgan fingerprint density at radius 2 is 1.90 bits per heavy atom. The number of pyridine rings is 1. The molecule has 0 N–H and O–H groups in total. The van der Waals surface area contributed by atoms with Gasteiger partial charge in [0.05, 0.1) is 16.8 Å². The average Bonchev–Trinajstić information content (AvgIpc) is 2.97. The Morgan fingerprint density at radius 1 is 1.05 bits per heavy atom. The van der Waals surface area contributed by atoms with Gasteiger partial charge < -0.3 is 0 Å². The number of benzene rings is 1. The summed E-state index contributed by atoms with van der Waals surface area (Å²) in [6.07, 6.45) is 4.98. The van der Waals surface area contributed by atoms with Crippen molar-refractivity contribution in [2.45, 2.75) is 0 Å². The molecule has 2 heterocycles. The van der Waals surface area contributed by atoms with Gasteiger partial charge in [-0.1, -0.05) is 12.1 Å². The standard InChI is InChI=1S/C14H10N4O2/c19-18(20)14-6-2-1-5-13(14)17-12(7-9-16-17)11-4-3-8-15-10-11/h1-10H. The molecule has 0 amide bonds. The molecule has 0 unspecified atom stereocenters. The molecule has 6 heteroatoms. The predicted octanol–water partition coefficient (Wildman–Crippen LogP) is 2.84. The van der Waals surface area contributed by atoms with Crippen LogP contribution in [0.15, 0.2) is 61.1 Å². The quantitative estimate of drug-likeness (QED) is 0.539. The summed E-state index contributed by atoms with van der Waals surface area (Å²) in [5.41, 5.74) is 2.05. The molecule has 0 aliphatic rings. The molecular formula is C14H10N4O2. The van der Waals surface area contributed by atoms with Gasteiger partial charge in [-0.15, -0.1) is 0 Å². The summed E-state index contributed by atoms with van der Waals surface area (Å²) in [6, 6.07) is 12.0. The highest BCUT2D eigenvalue weighted by Gasteiger charge is 2.17. The highest BCUT2D eigenvalue weighted by Crippen LogP contribution is 2.27. The van der Waals surface area contributed by atoms with Gasteiger partial charge in [0.2, 0.25) is 0 Å². The van der Waals surface area contributed by atoms with E-state index in [2.05, 4.69) is 10.1 Å². The molecule has 0 spiro atoms. The van der Waals surface area contributed by atoms with Crippen molar-refractivity contribution >= 4 is 5.69 Å². The molecule has 1 aromatic carbocycles. The second-order valence-corrected chi connectivity index (χ2v) is 4.12. The normalized spacial score (nSPS) is 10.4. The highest BCUT2D eigenvalue weighted by molar-refractivity contribution is 5.63. The SMILES string of the molecule is O=[N+]([O-])c1ccccc1-n1nccc1-c1cccnc1. The van der Waals surface area contributed by atoms with E-state index in [1.54, 1.807) is 47.5 Å². The molecule has 2 aromatic heterocycles. The molecule has 0 radical (unpaired) electrons. The Kier molecular flexibility index (Phi) is 2.96. The van der Waals surface area contributed by atoms with E-state index in [1.165, 1.54) is 6.07 Å². The Bertz CT molecular complexity index is 753. The minimum Gasteiger partial charge on any atom is -0.264 e. The number of hydrogen-bond donors (Lipinski definition) is 0. The van der Waals surface area contributed by atoms with Crippen molar-refractivity contribution in [3.63, 3.8) is 0 Å². The molecule has 6 nitrogen and oxygen atoms in total. The van der Waals surface area contributed by atoms with Gasteiger partial charge >= 0.3 is 0 Å². The lowest BCUT2D eigenvalue weighted by Crippen LogP contribution is -2.03. The van der Waals surface area contributed by atoms with Gasteiger partial charge in [-0.3, -0.25) is 15.1 Å². The molecule has 98 valence electrons. The van der Waals surface area contributed by atoms with Crippen LogP contribution in [0.2, 0.25) is 0 Å². The molecule has 3 rings (SSSR count). The first-order valence-electron chi connectivity index (χ1n) is 5.95. The zero-order valence-corrected chi connectivity index (χ0v) is 10.4. The van der Waals surface area contributed by atoms with Crippen molar-refractivity contribution in [2.75, 3.05) is 0 Å². The summed E-state index contributed by atoms with van der Waals surface area (Å²) in [5.74, 6) is 0. The van der Waals surface area contributed by atoms with E-state index < -0.39 is 4.92 Å². The summed E-state index contributed by atoms with van der Waals surface area (Å²) in [4.78, 5) is 14.8. The average molecular weight is 266 g/mol. The Hall–Kier alpha value is -3.02. The van der Waals surface area contributed by atoms with E-state index in [9.17, 15) is 10.1 Å². The van der Waals surface area contributed by atoms with E-state index in [0.717, 1.165) is 11.3 Å². The molecule has 0 aliphatic carbocycles. The Balaban J connectivity index is 2.18. The fourth-order valence-corrected chi connectivity index (χ4v) is 2.03. The number of nitro groups is 1. The number of rotatable bonds is 3. The van der Waals surface area contributed by atoms with Crippen molar-refractivity contribution in [1.82, 2.24) is 14.8 Å². The van der Waals surface area contributed by atoms with Crippen LogP contribution in [-0.4, -0.2) is 19.7 Å². The maximum Gasteiger partial charge on any atom is 0.294 e. The van der Waals surface area contributed by atoms with Crippen LogP contribution in [0.5, 0.6) is 0 Å². The monoisotopic (exact) mass is 266 g/mol. The van der Waals surface area contributed by atoms with Gasteiger partial charge in [-0.25, -0.2) is 4.68 Å². The maximum atomic E-state index is 11.1. The van der Waals surface area contributed by atoms with Crippen LogP contribution in [-0.2, 0) is 0 Å². The molecule has 0 aliphatic heterocycles. The number of para-hydroxylation sites is 2. The Labute approximate surface area is 114 Å². The smallest absolute Gasteiger partial charge is 0.264 e. The zero-order chi connectivity index (χ0) is 13.9. The van der Waals surface area contributed by atoms with Gasteiger partial charge in [0.1, 0.15) is 5.69 Å². The van der Waals surface area contributed by atoms with Crippen LogP contribution >= 0.6 is 0 Å². The molecule has 0 saturated heterocycles. The van der Waals surface area contributed by atoms with Crippen LogP contribution in [0.1, 0.15) is 0 Å².